The van der Waals surface area contributed by atoms with E-state index in [0.717, 1.165) is 0 Å². The van der Waals surface area contributed by atoms with Gasteiger partial charge in [-0.3, -0.25) is 10.2 Å². The minimum Gasteiger partial charge on any atom is -0.286 e. The minimum atomic E-state index is -0.512. The Labute approximate surface area is 121 Å². The normalized spacial score (nSPS) is 10.7. The maximum atomic E-state index is 12.1. The molecule has 0 bridgehead atoms. The second-order valence-electron chi connectivity index (χ2n) is 3.86. The van der Waals surface area contributed by atoms with Gasteiger partial charge in [0.25, 0.3) is 0 Å². The van der Waals surface area contributed by atoms with Crippen LogP contribution >= 0.6 is 11.6 Å². The molecule has 0 spiro atoms. The van der Waals surface area contributed by atoms with Gasteiger partial charge in [-0.1, -0.05) is 41.9 Å². The number of hydrazone groups is 1. The van der Waals surface area contributed by atoms with Crippen LogP contribution in [-0.2, 0) is 0 Å². The Morgan fingerprint density at radius 3 is 2.40 bits per heavy atom. The van der Waals surface area contributed by atoms with Crippen molar-refractivity contribution in [3.05, 3.63) is 65.2 Å². The van der Waals surface area contributed by atoms with Gasteiger partial charge in [-0.25, -0.2) is 0 Å². The third kappa shape index (κ3) is 3.22. The number of rotatable bonds is 4. The fourth-order valence-corrected chi connectivity index (χ4v) is 1.75. The Morgan fingerprint density at radius 2 is 1.75 bits per heavy atom. The van der Waals surface area contributed by atoms with E-state index in [4.69, 9.17) is 16.9 Å². The van der Waals surface area contributed by atoms with Crippen molar-refractivity contribution in [2.75, 3.05) is 5.43 Å². The van der Waals surface area contributed by atoms with E-state index in [2.05, 4.69) is 10.5 Å². The quantitative estimate of drug-likeness (QED) is 0.530. The largest absolute Gasteiger partial charge is 0.286 e. The first-order valence-electron chi connectivity index (χ1n) is 5.80. The molecule has 5 heteroatoms. The predicted molar refractivity (Wildman–Crippen MR) is 78.9 cm³/mol. The summed E-state index contributed by atoms with van der Waals surface area (Å²) < 4.78 is 0. The van der Waals surface area contributed by atoms with Crippen LogP contribution in [0.5, 0.6) is 0 Å². The maximum Gasteiger partial charge on any atom is 0.225 e. The first-order valence-corrected chi connectivity index (χ1v) is 6.18. The van der Waals surface area contributed by atoms with E-state index in [9.17, 15) is 4.79 Å². The second kappa shape index (κ2) is 6.50. The molecule has 0 aliphatic rings. The SMILES string of the molecule is N#CC(=NNc1ccccc1)C(=O)c1ccccc1Cl. The number of carbonyl (C=O) groups is 1. The van der Waals surface area contributed by atoms with Crippen molar-refractivity contribution < 1.29 is 4.79 Å². The van der Waals surface area contributed by atoms with Gasteiger partial charge in [-0.05, 0) is 24.3 Å². The summed E-state index contributed by atoms with van der Waals surface area (Å²) in [5.41, 5.74) is 3.36. The lowest BCUT2D eigenvalue weighted by atomic mass is 10.1. The van der Waals surface area contributed by atoms with Crippen molar-refractivity contribution in [2.45, 2.75) is 0 Å². The number of halogens is 1. The molecule has 0 aliphatic carbocycles. The summed E-state index contributed by atoms with van der Waals surface area (Å²) in [6.07, 6.45) is 0. The molecule has 20 heavy (non-hydrogen) atoms. The van der Waals surface area contributed by atoms with Crippen LogP contribution in [0, 0.1) is 11.3 Å². The van der Waals surface area contributed by atoms with Gasteiger partial charge in [0.1, 0.15) is 6.07 Å². The van der Waals surface area contributed by atoms with Crippen molar-refractivity contribution in [3.8, 4) is 6.07 Å². The fourth-order valence-electron chi connectivity index (χ4n) is 1.53. The monoisotopic (exact) mass is 283 g/mol. The molecule has 2 aromatic carbocycles. The Kier molecular flexibility index (Phi) is 4.48. The number of Topliss-reactive ketones (excluding diaryl/α,β-unsaturated/α-hetero) is 1. The number of benzene rings is 2. The number of carbonyl (C=O) groups excluding carboxylic acids is 1. The van der Waals surface area contributed by atoms with Crippen LogP contribution in [0.15, 0.2) is 59.7 Å². The Morgan fingerprint density at radius 1 is 1.10 bits per heavy atom. The molecule has 4 nitrogen and oxygen atoms in total. The van der Waals surface area contributed by atoms with Gasteiger partial charge in [-0.2, -0.15) is 10.4 Å². The molecule has 0 aliphatic heterocycles. The van der Waals surface area contributed by atoms with Crippen LogP contribution in [0.4, 0.5) is 5.69 Å². The summed E-state index contributed by atoms with van der Waals surface area (Å²) in [5, 5.41) is 13.2. The summed E-state index contributed by atoms with van der Waals surface area (Å²) >= 11 is 5.93. The summed E-state index contributed by atoms with van der Waals surface area (Å²) in [4.78, 5) is 12.1. The number of ketones is 1. The first kappa shape index (κ1) is 13.8. The number of hydrogen-bond acceptors (Lipinski definition) is 4. The van der Waals surface area contributed by atoms with Crippen molar-refractivity contribution in [1.82, 2.24) is 0 Å². The van der Waals surface area contributed by atoms with E-state index in [1.807, 2.05) is 18.2 Å². The molecule has 0 saturated carbocycles. The van der Waals surface area contributed by atoms with Crippen molar-refractivity contribution in [1.29, 1.82) is 5.26 Å². The summed E-state index contributed by atoms with van der Waals surface area (Å²) in [6, 6.07) is 17.4. The number of hydrogen-bond donors (Lipinski definition) is 1. The zero-order valence-electron chi connectivity index (χ0n) is 10.4. The smallest absolute Gasteiger partial charge is 0.225 e. The van der Waals surface area contributed by atoms with Crippen LogP contribution in [0.3, 0.4) is 0 Å². The average molecular weight is 284 g/mol. The molecule has 98 valence electrons. The molecule has 0 unspecified atom stereocenters. The highest BCUT2D eigenvalue weighted by molar-refractivity contribution is 6.53. The molecular formula is C15H10ClN3O. The molecule has 0 heterocycles. The van der Waals surface area contributed by atoms with Crippen molar-refractivity contribution in [3.63, 3.8) is 0 Å². The molecule has 0 amide bonds. The number of anilines is 1. The number of nitrogens with one attached hydrogen (secondary N) is 1. The Hall–Kier alpha value is -2.64. The van der Waals surface area contributed by atoms with Crippen LogP contribution < -0.4 is 5.43 Å². The Balaban J connectivity index is 2.23. The van der Waals surface area contributed by atoms with Crippen LogP contribution in [-0.4, -0.2) is 11.5 Å². The maximum absolute atomic E-state index is 12.1. The number of nitriles is 1. The van der Waals surface area contributed by atoms with Gasteiger partial charge in [0.15, 0.2) is 0 Å². The standard InChI is InChI=1S/C15H10ClN3O/c16-13-9-5-4-8-12(13)15(20)14(10-17)19-18-11-6-2-1-3-7-11/h1-9,18H. The Bertz CT molecular complexity index is 690. The minimum absolute atomic E-state index is 0.248. The number of nitrogens with zero attached hydrogens (tertiary/aromatic N) is 2. The van der Waals surface area contributed by atoms with Crippen LogP contribution in [0.25, 0.3) is 0 Å². The predicted octanol–water partition coefficient (Wildman–Crippen LogP) is 3.51. The highest BCUT2D eigenvalue weighted by Gasteiger charge is 2.16. The second-order valence-corrected chi connectivity index (χ2v) is 4.27. The lowest BCUT2D eigenvalue weighted by Gasteiger charge is -2.02. The fraction of sp³-hybridized carbons (Fsp3) is 0. The van der Waals surface area contributed by atoms with E-state index < -0.39 is 5.78 Å². The topological polar surface area (TPSA) is 65.2 Å². The van der Waals surface area contributed by atoms with E-state index in [1.54, 1.807) is 42.5 Å². The van der Waals surface area contributed by atoms with Gasteiger partial charge >= 0.3 is 0 Å². The summed E-state index contributed by atoms with van der Waals surface area (Å²) in [5.74, 6) is -0.512. The van der Waals surface area contributed by atoms with E-state index in [1.165, 1.54) is 0 Å². The number of para-hydroxylation sites is 1. The zero-order chi connectivity index (χ0) is 14.4. The lowest BCUT2D eigenvalue weighted by molar-refractivity contribution is 0.106. The third-order valence-corrected chi connectivity index (χ3v) is 2.84. The van der Waals surface area contributed by atoms with Crippen LogP contribution in [0.1, 0.15) is 10.4 Å². The van der Waals surface area contributed by atoms with Crippen molar-refractivity contribution >= 4 is 28.8 Å². The molecule has 0 aromatic heterocycles. The molecular weight excluding hydrogens is 274 g/mol. The van der Waals surface area contributed by atoms with Gasteiger partial charge in [0, 0.05) is 5.56 Å². The highest BCUT2D eigenvalue weighted by Crippen LogP contribution is 2.16. The first-order chi connectivity index (χ1) is 9.72. The zero-order valence-corrected chi connectivity index (χ0v) is 11.1. The summed E-state index contributed by atoms with van der Waals surface area (Å²) in [6.45, 7) is 0. The average Bonchev–Trinajstić information content (AvgIpc) is 2.49. The van der Waals surface area contributed by atoms with Crippen LogP contribution in [0.2, 0.25) is 5.02 Å². The van der Waals surface area contributed by atoms with E-state index in [-0.39, 0.29) is 11.3 Å². The molecule has 1 N–H and O–H groups in total. The molecule has 0 saturated heterocycles. The molecule has 0 atom stereocenters. The lowest BCUT2D eigenvalue weighted by Crippen LogP contribution is -2.14. The van der Waals surface area contributed by atoms with E-state index in [0.29, 0.717) is 10.7 Å². The molecule has 2 aromatic rings. The van der Waals surface area contributed by atoms with E-state index >= 15 is 0 Å². The molecule has 2 rings (SSSR count). The van der Waals surface area contributed by atoms with Gasteiger partial charge in [0.05, 0.1) is 10.7 Å². The van der Waals surface area contributed by atoms with Gasteiger partial charge < -0.3 is 0 Å². The molecule has 0 radical (unpaired) electrons. The van der Waals surface area contributed by atoms with Crippen molar-refractivity contribution in [2.24, 2.45) is 5.10 Å². The van der Waals surface area contributed by atoms with Gasteiger partial charge in [0.2, 0.25) is 11.5 Å². The summed E-state index contributed by atoms with van der Waals surface area (Å²) in [7, 11) is 0. The molecule has 0 fully saturated rings. The highest BCUT2D eigenvalue weighted by atomic mass is 35.5. The van der Waals surface area contributed by atoms with Gasteiger partial charge in [-0.15, -0.1) is 0 Å². The third-order valence-electron chi connectivity index (χ3n) is 2.51.